The summed E-state index contributed by atoms with van der Waals surface area (Å²) in [5.74, 6) is -0.213. The van der Waals surface area contributed by atoms with Gasteiger partial charge < -0.3 is 4.90 Å². The Balaban J connectivity index is 1.52. The largest absolute Gasteiger partial charge is 0.332 e. The summed E-state index contributed by atoms with van der Waals surface area (Å²) in [6.07, 6.45) is 1.71. The maximum atomic E-state index is 12.9. The number of nitrogens with zero attached hydrogens (tertiary/aromatic N) is 3. The Hall–Kier alpha value is -1.52. The van der Waals surface area contributed by atoms with Crippen molar-refractivity contribution >= 4 is 60.4 Å². The van der Waals surface area contributed by atoms with Crippen LogP contribution >= 0.6 is 34.3 Å². The van der Waals surface area contributed by atoms with E-state index in [9.17, 15) is 13.2 Å². The summed E-state index contributed by atoms with van der Waals surface area (Å²) in [4.78, 5) is 19.4. The molecular formula is C18H18ClN3O3S3. The predicted molar refractivity (Wildman–Crippen MR) is 112 cm³/mol. The van der Waals surface area contributed by atoms with Gasteiger partial charge in [-0.1, -0.05) is 23.7 Å². The summed E-state index contributed by atoms with van der Waals surface area (Å²) in [5.41, 5.74) is 0.927. The number of thiazole rings is 1. The van der Waals surface area contributed by atoms with Crippen LogP contribution in [0.5, 0.6) is 0 Å². The van der Waals surface area contributed by atoms with Crippen molar-refractivity contribution in [1.29, 1.82) is 0 Å². The summed E-state index contributed by atoms with van der Waals surface area (Å²) in [6, 6.07) is 10.8. The number of benzene rings is 1. The van der Waals surface area contributed by atoms with Gasteiger partial charge in [-0.3, -0.25) is 4.79 Å². The van der Waals surface area contributed by atoms with Crippen molar-refractivity contribution in [3.63, 3.8) is 0 Å². The molecule has 2 aromatic heterocycles. The lowest BCUT2D eigenvalue weighted by atomic mass is 10.2. The molecule has 0 bridgehead atoms. The fourth-order valence-corrected chi connectivity index (χ4v) is 7.24. The maximum Gasteiger partial charge on any atom is 0.252 e. The molecule has 1 atom stereocenters. The molecule has 3 heterocycles. The van der Waals surface area contributed by atoms with E-state index < -0.39 is 10.0 Å². The highest BCUT2D eigenvalue weighted by molar-refractivity contribution is 7.91. The number of carbonyl (C=O) groups is 1. The smallest absolute Gasteiger partial charge is 0.252 e. The standard InChI is InChI=1S/C18H18ClN3O3S3/c1-21(28(24,25)17-9-8-15(19)27-17)11-16(23)22-10-4-6-13(22)18-20-12-5-2-3-7-14(12)26-18/h2-3,5,7-9,13H,4,6,10-11H2,1H3. The number of rotatable bonds is 5. The molecule has 6 nitrogen and oxygen atoms in total. The van der Waals surface area contributed by atoms with Gasteiger partial charge in [0.2, 0.25) is 5.91 Å². The topological polar surface area (TPSA) is 70.6 Å². The Morgan fingerprint density at radius 1 is 1.29 bits per heavy atom. The highest BCUT2D eigenvalue weighted by Crippen LogP contribution is 2.36. The Kier molecular flexibility index (Phi) is 5.45. The quantitative estimate of drug-likeness (QED) is 0.583. The second-order valence-electron chi connectivity index (χ2n) is 6.58. The van der Waals surface area contributed by atoms with E-state index in [4.69, 9.17) is 11.6 Å². The average molecular weight is 456 g/mol. The molecule has 1 aliphatic rings. The van der Waals surface area contributed by atoms with Crippen molar-refractivity contribution in [3.05, 3.63) is 45.7 Å². The van der Waals surface area contributed by atoms with Gasteiger partial charge in [0.25, 0.3) is 10.0 Å². The maximum absolute atomic E-state index is 12.9. The van der Waals surface area contributed by atoms with Crippen molar-refractivity contribution in [2.24, 2.45) is 0 Å². The Bertz CT molecular complexity index is 1090. The summed E-state index contributed by atoms with van der Waals surface area (Å²) in [6.45, 7) is 0.400. The molecule has 3 aromatic rings. The van der Waals surface area contributed by atoms with Gasteiger partial charge in [0.05, 0.1) is 27.1 Å². The number of hydrogen-bond donors (Lipinski definition) is 0. The van der Waals surface area contributed by atoms with Crippen molar-refractivity contribution in [3.8, 4) is 0 Å². The Morgan fingerprint density at radius 2 is 2.07 bits per heavy atom. The molecule has 10 heteroatoms. The fraction of sp³-hybridized carbons (Fsp3) is 0.333. The summed E-state index contributed by atoms with van der Waals surface area (Å²) in [7, 11) is -2.32. The van der Waals surface area contributed by atoms with Crippen molar-refractivity contribution < 1.29 is 13.2 Å². The molecule has 0 N–H and O–H groups in total. The first-order chi connectivity index (χ1) is 13.4. The first-order valence-electron chi connectivity index (χ1n) is 8.73. The Morgan fingerprint density at radius 3 is 2.79 bits per heavy atom. The van der Waals surface area contributed by atoms with Crippen LogP contribution in [0.1, 0.15) is 23.9 Å². The molecule has 0 saturated carbocycles. The van der Waals surface area contributed by atoms with Crippen LogP contribution in [0.2, 0.25) is 4.34 Å². The summed E-state index contributed by atoms with van der Waals surface area (Å²) < 4.78 is 28.0. The monoisotopic (exact) mass is 455 g/mol. The number of sulfonamides is 1. The number of aromatic nitrogens is 1. The summed E-state index contributed by atoms with van der Waals surface area (Å²) >= 11 is 8.43. The number of likely N-dealkylation sites (N-methyl/N-ethyl adjacent to an activating group) is 1. The third kappa shape index (κ3) is 3.69. The molecule has 4 rings (SSSR count). The molecule has 0 radical (unpaired) electrons. The first kappa shape index (κ1) is 19.8. The minimum Gasteiger partial charge on any atom is -0.332 e. The van der Waals surface area contributed by atoms with Gasteiger partial charge in [-0.15, -0.1) is 22.7 Å². The molecule has 148 valence electrons. The number of para-hydroxylation sites is 1. The molecule has 1 saturated heterocycles. The lowest BCUT2D eigenvalue weighted by Gasteiger charge is -2.25. The molecule has 0 spiro atoms. The van der Waals surface area contributed by atoms with Crippen LogP contribution in [-0.4, -0.2) is 48.7 Å². The third-order valence-electron chi connectivity index (χ3n) is 4.74. The molecular weight excluding hydrogens is 438 g/mol. The van der Waals surface area contributed by atoms with Crippen LogP contribution in [0.15, 0.2) is 40.6 Å². The number of hydrogen-bond acceptors (Lipinski definition) is 6. The minimum atomic E-state index is -3.74. The van der Waals surface area contributed by atoms with Crippen molar-refractivity contribution in [2.75, 3.05) is 20.1 Å². The Labute approximate surface area is 176 Å². The molecule has 28 heavy (non-hydrogen) atoms. The highest BCUT2D eigenvalue weighted by atomic mass is 35.5. The van der Waals surface area contributed by atoms with Crippen molar-refractivity contribution in [2.45, 2.75) is 23.1 Å². The number of amides is 1. The number of thiophene rings is 1. The SMILES string of the molecule is CN(CC(=O)N1CCCC1c1nc2ccccc2s1)S(=O)(=O)c1ccc(Cl)s1. The van der Waals surface area contributed by atoms with E-state index in [2.05, 4.69) is 4.98 Å². The zero-order chi connectivity index (χ0) is 19.9. The van der Waals surface area contributed by atoms with E-state index in [1.807, 2.05) is 24.3 Å². The molecule has 1 fully saturated rings. The summed E-state index contributed by atoms with van der Waals surface area (Å²) in [5, 5.41) is 0.905. The molecule has 1 unspecified atom stereocenters. The van der Waals surface area contributed by atoms with Gasteiger partial charge in [-0.2, -0.15) is 4.31 Å². The molecule has 1 aromatic carbocycles. The van der Waals surface area contributed by atoms with Crippen LogP contribution in [0.25, 0.3) is 10.2 Å². The molecule has 1 amide bonds. The van der Waals surface area contributed by atoms with Crippen molar-refractivity contribution in [1.82, 2.24) is 14.2 Å². The van der Waals surface area contributed by atoms with Crippen LogP contribution in [0.3, 0.4) is 0 Å². The van der Waals surface area contributed by atoms with Gasteiger partial charge in [-0.05, 0) is 37.1 Å². The molecule has 0 aliphatic carbocycles. The zero-order valence-electron chi connectivity index (χ0n) is 15.0. The van der Waals surface area contributed by atoms with Crippen LogP contribution in [-0.2, 0) is 14.8 Å². The minimum absolute atomic E-state index is 0.0998. The second-order valence-corrected chi connectivity index (χ2v) is 11.6. The lowest BCUT2D eigenvalue weighted by molar-refractivity contribution is -0.132. The van der Waals surface area contributed by atoms with Crippen LogP contribution in [0, 0.1) is 0 Å². The van der Waals surface area contributed by atoms with E-state index in [0.717, 1.165) is 43.7 Å². The van der Waals surface area contributed by atoms with Gasteiger partial charge in [0.15, 0.2) is 0 Å². The third-order valence-corrected chi connectivity index (χ3v) is 9.38. The van der Waals surface area contributed by atoms with Gasteiger partial charge in [-0.25, -0.2) is 13.4 Å². The lowest BCUT2D eigenvalue weighted by Crippen LogP contribution is -2.40. The molecule has 1 aliphatic heterocycles. The van der Waals surface area contributed by atoms with E-state index in [-0.39, 0.29) is 22.7 Å². The van der Waals surface area contributed by atoms with E-state index >= 15 is 0 Å². The number of halogens is 1. The number of fused-ring (bicyclic) bond motifs is 1. The zero-order valence-corrected chi connectivity index (χ0v) is 18.2. The highest BCUT2D eigenvalue weighted by Gasteiger charge is 2.34. The second kappa shape index (κ2) is 7.72. The number of carbonyl (C=O) groups excluding carboxylic acids is 1. The van der Waals surface area contributed by atoms with Crippen LogP contribution < -0.4 is 0 Å². The average Bonchev–Trinajstić information content (AvgIpc) is 3.39. The van der Waals surface area contributed by atoms with E-state index in [1.54, 1.807) is 22.3 Å². The first-order valence-corrected chi connectivity index (χ1v) is 12.2. The van der Waals surface area contributed by atoms with E-state index in [1.165, 1.54) is 13.1 Å². The number of likely N-dealkylation sites (tertiary alicyclic amines) is 1. The fourth-order valence-electron chi connectivity index (χ4n) is 3.31. The normalized spacial score (nSPS) is 17.7. The van der Waals surface area contributed by atoms with Gasteiger partial charge >= 0.3 is 0 Å². The van der Waals surface area contributed by atoms with Gasteiger partial charge in [0.1, 0.15) is 9.22 Å². The predicted octanol–water partition coefficient (Wildman–Crippen LogP) is 4.00. The van der Waals surface area contributed by atoms with Gasteiger partial charge in [0, 0.05) is 13.6 Å². The van der Waals surface area contributed by atoms with Crippen LogP contribution in [0.4, 0.5) is 0 Å². The van der Waals surface area contributed by atoms with E-state index in [0.29, 0.717) is 10.9 Å².